The molecule has 1 aliphatic heterocycles. The zero-order valence-corrected chi connectivity index (χ0v) is 11.8. The van der Waals surface area contributed by atoms with E-state index in [2.05, 4.69) is 40.7 Å². The second-order valence-electron chi connectivity index (χ2n) is 5.22. The van der Waals surface area contributed by atoms with Gasteiger partial charge in [0.05, 0.1) is 19.5 Å². The van der Waals surface area contributed by atoms with Crippen LogP contribution in [0.4, 0.5) is 0 Å². The van der Waals surface area contributed by atoms with Crippen molar-refractivity contribution >= 4 is 0 Å². The Bertz CT molecular complexity index is 528. The van der Waals surface area contributed by atoms with Crippen molar-refractivity contribution < 1.29 is 9.47 Å². The molecule has 0 N–H and O–H groups in total. The first kappa shape index (κ1) is 13.3. The lowest BCUT2D eigenvalue weighted by molar-refractivity contribution is -0.172. The van der Waals surface area contributed by atoms with Gasteiger partial charge in [-0.15, -0.1) is 0 Å². The third-order valence-corrected chi connectivity index (χ3v) is 3.73. The first-order valence-corrected chi connectivity index (χ1v) is 7.09. The van der Waals surface area contributed by atoms with Crippen LogP contribution in [-0.4, -0.2) is 22.8 Å². The molecule has 4 heteroatoms. The Morgan fingerprint density at radius 3 is 2.60 bits per heavy atom. The van der Waals surface area contributed by atoms with E-state index < -0.39 is 5.79 Å². The largest absolute Gasteiger partial charge is 0.343 e. The van der Waals surface area contributed by atoms with Gasteiger partial charge in [0.1, 0.15) is 0 Å². The Morgan fingerprint density at radius 1 is 1.20 bits per heavy atom. The summed E-state index contributed by atoms with van der Waals surface area (Å²) in [6.45, 7) is 4.35. The fourth-order valence-electron chi connectivity index (χ4n) is 2.63. The first-order valence-electron chi connectivity index (χ1n) is 7.09. The molecular formula is C16H20N2O2. The third-order valence-electron chi connectivity index (χ3n) is 3.73. The van der Waals surface area contributed by atoms with Gasteiger partial charge in [-0.3, -0.25) is 0 Å². The van der Waals surface area contributed by atoms with E-state index in [0.717, 1.165) is 24.9 Å². The maximum Gasteiger partial charge on any atom is 0.195 e. The van der Waals surface area contributed by atoms with Crippen LogP contribution in [0.5, 0.6) is 0 Å². The summed E-state index contributed by atoms with van der Waals surface area (Å²) in [5.41, 5.74) is 2.37. The summed E-state index contributed by atoms with van der Waals surface area (Å²) >= 11 is 0. The van der Waals surface area contributed by atoms with Crippen LogP contribution in [0.3, 0.4) is 0 Å². The maximum absolute atomic E-state index is 5.94. The Balaban J connectivity index is 1.69. The van der Waals surface area contributed by atoms with Crippen molar-refractivity contribution in [3.63, 3.8) is 0 Å². The molecule has 0 aliphatic carbocycles. The highest BCUT2D eigenvalue weighted by molar-refractivity contribution is 5.25. The number of aromatic nitrogens is 2. The number of ether oxygens (including phenoxy) is 2. The highest BCUT2D eigenvalue weighted by atomic mass is 16.7. The van der Waals surface area contributed by atoms with E-state index in [0.29, 0.717) is 13.2 Å². The van der Waals surface area contributed by atoms with Crippen molar-refractivity contribution in [2.45, 2.75) is 32.1 Å². The highest BCUT2D eigenvalue weighted by Gasteiger charge is 2.37. The fraction of sp³-hybridized carbons (Fsp3) is 0.438. The topological polar surface area (TPSA) is 36.3 Å². The molecule has 0 spiro atoms. The SMILES string of the molecule is Cc1ccc(C2(CCCn3ccnc3)OCCO2)cc1. The molecule has 1 saturated heterocycles. The van der Waals surface area contributed by atoms with Gasteiger partial charge >= 0.3 is 0 Å². The predicted molar refractivity (Wildman–Crippen MR) is 76.2 cm³/mol. The predicted octanol–water partition coefficient (Wildman–Crippen LogP) is 2.87. The Kier molecular flexibility index (Phi) is 3.85. The van der Waals surface area contributed by atoms with Crippen LogP contribution in [0.15, 0.2) is 43.0 Å². The molecule has 2 heterocycles. The van der Waals surface area contributed by atoms with Gasteiger partial charge in [0.2, 0.25) is 0 Å². The quantitative estimate of drug-likeness (QED) is 0.839. The van der Waals surface area contributed by atoms with Crippen LogP contribution in [-0.2, 0) is 21.8 Å². The summed E-state index contributed by atoms with van der Waals surface area (Å²) in [5, 5.41) is 0. The van der Waals surface area contributed by atoms with Crippen molar-refractivity contribution in [3.8, 4) is 0 Å². The minimum Gasteiger partial charge on any atom is -0.343 e. The smallest absolute Gasteiger partial charge is 0.195 e. The molecule has 0 saturated carbocycles. The van der Waals surface area contributed by atoms with Crippen molar-refractivity contribution in [1.82, 2.24) is 9.55 Å². The number of nitrogens with zero attached hydrogens (tertiary/aromatic N) is 2. The molecule has 0 amide bonds. The lowest BCUT2D eigenvalue weighted by atomic mass is 9.99. The summed E-state index contributed by atoms with van der Waals surface area (Å²) in [5.74, 6) is -0.561. The van der Waals surface area contributed by atoms with Gasteiger partial charge in [-0.25, -0.2) is 4.98 Å². The molecule has 2 aromatic rings. The van der Waals surface area contributed by atoms with Gasteiger partial charge in [0, 0.05) is 30.9 Å². The Morgan fingerprint density at radius 2 is 1.95 bits per heavy atom. The number of benzene rings is 1. The average molecular weight is 272 g/mol. The number of rotatable bonds is 5. The van der Waals surface area contributed by atoms with Gasteiger partial charge < -0.3 is 14.0 Å². The van der Waals surface area contributed by atoms with Crippen LogP contribution >= 0.6 is 0 Å². The second-order valence-corrected chi connectivity index (χ2v) is 5.22. The lowest BCUT2D eigenvalue weighted by Gasteiger charge is -2.28. The standard InChI is InChI=1S/C16H20N2O2/c1-14-3-5-15(6-4-14)16(19-11-12-20-16)7-2-9-18-10-8-17-13-18/h3-6,8,10,13H,2,7,9,11-12H2,1H3. The van der Waals surface area contributed by atoms with E-state index in [-0.39, 0.29) is 0 Å². The van der Waals surface area contributed by atoms with Crippen molar-refractivity contribution in [2.24, 2.45) is 0 Å². The van der Waals surface area contributed by atoms with Crippen LogP contribution in [0.1, 0.15) is 24.0 Å². The number of aryl methyl sites for hydroxylation is 2. The average Bonchev–Trinajstić information content (AvgIpc) is 3.12. The summed E-state index contributed by atoms with van der Waals surface area (Å²) in [6, 6.07) is 8.44. The van der Waals surface area contributed by atoms with E-state index in [9.17, 15) is 0 Å². The summed E-state index contributed by atoms with van der Waals surface area (Å²) in [7, 11) is 0. The Hall–Kier alpha value is -1.65. The molecule has 4 nitrogen and oxygen atoms in total. The molecule has 1 fully saturated rings. The minimum absolute atomic E-state index is 0.561. The van der Waals surface area contributed by atoms with E-state index in [1.54, 1.807) is 6.20 Å². The van der Waals surface area contributed by atoms with E-state index >= 15 is 0 Å². The molecule has 20 heavy (non-hydrogen) atoms. The summed E-state index contributed by atoms with van der Waals surface area (Å²) in [4.78, 5) is 4.06. The number of hydrogen-bond acceptors (Lipinski definition) is 3. The molecule has 0 unspecified atom stereocenters. The zero-order valence-electron chi connectivity index (χ0n) is 11.8. The molecule has 0 atom stereocenters. The molecular weight excluding hydrogens is 252 g/mol. The normalized spacial score (nSPS) is 17.4. The maximum atomic E-state index is 5.94. The van der Waals surface area contributed by atoms with Crippen molar-refractivity contribution in [1.29, 1.82) is 0 Å². The van der Waals surface area contributed by atoms with E-state index in [4.69, 9.17) is 9.47 Å². The molecule has 1 aliphatic rings. The van der Waals surface area contributed by atoms with Gasteiger partial charge in [-0.2, -0.15) is 0 Å². The zero-order chi connectivity index (χ0) is 13.8. The summed E-state index contributed by atoms with van der Waals surface area (Å²) < 4.78 is 14.0. The van der Waals surface area contributed by atoms with Crippen molar-refractivity contribution in [3.05, 3.63) is 54.1 Å². The van der Waals surface area contributed by atoms with Gasteiger partial charge in [0.15, 0.2) is 5.79 Å². The molecule has 0 bridgehead atoms. The van der Waals surface area contributed by atoms with Crippen molar-refractivity contribution in [2.75, 3.05) is 13.2 Å². The van der Waals surface area contributed by atoms with Crippen LogP contribution in [0.2, 0.25) is 0 Å². The van der Waals surface area contributed by atoms with Crippen LogP contribution in [0.25, 0.3) is 0 Å². The monoisotopic (exact) mass is 272 g/mol. The van der Waals surface area contributed by atoms with Crippen LogP contribution < -0.4 is 0 Å². The number of imidazole rings is 1. The van der Waals surface area contributed by atoms with E-state index in [1.807, 2.05) is 12.5 Å². The first-order chi connectivity index (χ1) is 9.78. The fourth-order valence-corrected chi connectivity index (χ4v) is 2.63. The molecule has 0 radical (unpaired) electrons. The van der Waals surface area contributed by atoms with Gasteiger partial charge in [-0.1, -0.05) is 29.8 Å². The third kappa shape index (κ3) is 2.76. The van der Waals surface area contributed by atoms with Gasteiger partial charge in [-0.05, 0) is 13.3 Å². The van der Waals surface area contributed by atoms with E-state index in [1.165, 1.54) is 5.56 Å². The molecule has 106 valence electrons. The minimum atomic E-state index is -0.561. The highest BCUT2D eigenvalue weighted by Crippen LogP contribution is 2.36. The summed E-state index contributed by atoms with van der Waals surface area (Å²) in [6.07, 6.45) is 7.47. The Labute approximate surface area is 119 Å². The second kappa shape index (κ2) is 5.77. The lowest BCUT2D eigenvalue weighted by Crippen LogP contribution is -2.27. The van der Waals surface area contributed by atoms with Gasteiger partial charge in [0.25, 0.3) is 0 Å². The number of hydrogen-bond donors (Lipinski definition) is 0. The molecule has 1 aromatic heterocycles. The molecule has 3 rings (SSSR count). The van der Waals surface area contributed by atoms with Crippen LogP contribution in [0, 0.1) is 6.92 Å². The molecule has 1 aromatic carbocycles.